The van der Waals surface area contributed by atoms with Gasteiger partial charge < -0.3 is 15.5 Å². The summed E-state index contributed by atoms with van der Waals surface area (Å²) in [7, 11) is 1.75. The van der Waals surface area contributed by atoms with Gasteiger partial charge in [-0.25, -0.2) is 0 Å². The predicted octanol–water partition coefficient (Wildman–Crippen LogP) is -0.455. The van der Waals surface area contributed by atoms with Crippen molar-refractivity contribution in [1.82, 2.24) is 19.6 Å². The molecule has 19 heavy (non-hydrogen) atoms. The lowest BCUT2D eigenvalue weighted by atomic mass is 9.97. The van der Waals surface area contributed by atoms with Crippen molar-refractivity contribution >= 4 is 17.6 Å². The van der Waals surface area contributed by atoms with Gasteiger partial charge in [-0.3, -0.25) is 14.3 Å². The first-order valence-corrected chi connectivity index (χ1v) is 6.17. The molecule has 1 aromatic rings. The third-order valence-corrected chi connectivity index (χ3v) is 3.46. The SMILES string of the molecule is CN1CCN(C(=O)Cn2ccc(N)n2)C(C)(C)C1=O. The molecule has 1 aromatic heterocycles. The van der Waals surface area contributed by atoms with E-state index >= 15 is 0 Å². The molecule has 1 saturated heterocycles. The van der Waals surface area contributed by atoms with Gasteiger partial charge in [0.2, 0.25) is 11.8 Å². The molecule has 0 spiro atoms. The van der Waals surface area contributed by atoms with Crippen molar-refractivity contribution in [2.24, 2.45) is 0 Å². The molecule has 0 radical (unpaired) electrons. The normalized spacial score (nSPS) is 18.8. The molecule has 0 atom stereocenters. The number of hydrogen-bond acceptors (Lipinski definition) is 4. The Morgan fingerprint density at radius 3 is 2.74 bits per heavy atom. The summed E-state index contributed by atoms with van der Waals surface area (Å²) < 4.78 is 1.48. The van der Waals surface area contributed by atoms with Crippen molar-refractivity contribution in [3.05, 3.63) is 12.3 Å². The number of carbonyl (C=O) groups excluding carboxylic acids is 2. The lowest BCUT2D eigenvalue weighted by molar-refractivity contribution is -0.157. The Kier molecular flexibility index (Phi) is 3.21. The monoisotopic (exact) mass is 265 g/mol. The zero-order valence-electron chi connectivity index (χ0n) is 11.5. The van der Waals surface area contributed by atoms with Crippen LogP contribution in [0.1, 0.15) is 13.8 Å². The second-order valence-corrected chi connectivity index (χ2v) is 5.27. The van der Waals surface area contributed by atoms with E-state index in [9.17, 15) is 9.59 Å². The molecular formula is C12H19N5O2. The Balaban J connectivity index is 2.12. The number of amides is 2. The third kappa shape index (κ3) is 2.40. The number of aromatic nitrogens is 2. The highest BCUT2D eigenvalue weighted by molar-refractivity contribution is 5.91. The van der Waals surface area contributed by atoms with E-state index in [1.807, 2.05) is 0 Å². The lowest BCUT2D eigenvalue weighted by Gasteiger charge is -2.44. The number of anilines is 1. The summed E-state index contributed by atoms with van der Waals surface area (Å²) in [6.45, 7) is 4.71. The van der Waals surface area contributed by atoms with Gasteiger partial charge in [0.25, 0.3) is 0 Å². The first-order valence-electron chi connectivity index (χ1n) is 6.17. The van der Waals surface area contributed by atoms with Gasteiger partial charge in [-0.05, 0) is 19.9 Å². The molecule has 1 fully saturated rings. The predicted molar refractivity (Wildman–Crippen MR) is 70.1 cm³/mol. The number of likely N-dealkylation sites (N-methyl/N-ethyl adjacent to an activating group) is 1. The maximum absolute atomic E-state index is 12.3. The molecule has 7 nitrogen and oxygen atoms in total. The average Bonchev–Trinajstić information content (AvgIpc) is 2.71. The molecule has 0 saturated carbocycles. The van der Waals surface area contributed by atoms with E-state index in [1.54, 1.807) is 43.0 Å². The summed E-state index contributed by atoms with van der Waals surface area (Å²) in [5, 5.41) is 3.98. The highest BCUT2D eigenvalue weighted by atomic mass is 16.2. The number of carbonyl (C=O) groups is 2. The Morgan fingerprint density at radius 2 is 2.16 bits per heavy atom. The number of nitrogen functional groups attached to an aromatic ring is 1. The van der Waals surface area contributed by atoms with Crippen molar-refractivity contribution in [3.8, 4) is 0 Å². The number of nitrogens with zero attached hydrogens (tertiary/aromatic N) is 4. The van der Waals surface area contributed by atoms with Gasteiger partial charge in [0.15, 0.2) is 0 Å². The van der Waals surface area contributed by atoms with Crippen LogP contribution in [-0.4, -0.2) is 57.1 Å². The van der Waals surface area contributed by atoms with E-state index in [1.165, 1.54) is 4.68 Å². The van der Waals surface area contributed by atoms with Crippen LogP contribution in [0.15, 0.2) is 12.3 Å². The fourth-order valence-corrected chi connectivity index (χ4v) is 2.34. The minimum Gasteiger partial charge on any atom is -0.382 e. The van der Waals surface area contributed by atoms with Crippen LogP contribution in [0.25, 0.3) is 0 Å². The first kappa shape index (κ1) is 13.4. The summed E-state index contributed by atoms with van der Waals surface area (Å²) in [5.41, 5.74) is 4.69. The van der Waals surface area contributed by atoms with Gasteiger partial charge in [-0.2, -0.15) is 5.10 Å². The maximum atomic E-state index is 12.3. The Hall–Kier alpha value is -2.05. The molecule has 7 heteroatoms. The summed E-state index contributed by atoms with van der Waals surface area (Å²) >= 11 is 0. The van der Waals surface area contributed by atoms with Gasteiger partial charge in [0.1, 0.15) is 17.9 Å². The fourth-order valence-electron chi connectivity index (χ4n) is 2.34. The fraction of sp³-hybridized carbons (Fsp3) is 0.583. The average molecular weight is 265 g/mol. The summed E-state index contributed by atoms with van der Waals surface area (Å²) in [5.74, 6) is 0.197. The van der Waals surface area contributed by atoms with Crippen molar-refractivity contribution in [1.29, 1.82) is 0 Å². The van der Waals surface area contributed by atoms with Gasteiger partial charge >= 0.3 is 0 Å². The summed E-state index contributed by atoms with van der Waals surface area (Å²) in [6.07, 6.45) is 1.65. The number of piperazine rings is 1. The zero-order valence-corrected chi connectivity index (χ0v) is 11.5. The van der Waals surface area contributed by atoms with Gasteiger partial charge in [0, 0.05) is 26.3 Å². The topological polar surface area (TPSA) is 84.5 Å². The molecule has 2 rings (SSSR count). The number of hydrogen-bond donors (Lipinski definition) is 1. The van der Waals surface area contributed by atoms with Crippen LogP contribution in [0.4, 0.5) is 5.82 Å². The largest absolute Gasteiger partial charge is 0.382 e. The van der Waals surface area contributed by atoms with Crippen LogP contribution in [0.5, 0.6) is 0 Å². The highest BCUT2D eigenvalue weighted by Crippen LogP contribution is 2.22. The van der Waals surface area contributed by atoms with Crippen LogP contribution < -0.4 is 5.73 Å². The van der Waals surface area contributed by atoms with E-state index < -0.39 is 5.54 Å². The van der Waals surface area contributed by atoms with Crippen LogP contribution in [0.3, 0.4) is 0 Å². The number of rotatable bonds is 2. The summed E-state index contributed by atoms with van der Waals surface area (Å²) in [6, 6.07) is 1.63. The van der Waals surface area contributed by atoms with E-state index in [0.29, 0.717) is 18.9 Å². The lowest BCUT2D eigenvalue weighted by Crippen LogP contribution is -2.64. The molecule has 0 bridgehead atoms. The Morgan fingerprint density at radius 1 is 1.47 bits per heavy atom. The van der Waals surface area contributed by atoms with E-state index in [-0.39, 0.29) is 18.4 Å². The van der Waals surface area contributed by atoms with E-state index in [0.717, 1.165) is 0 Å². The van der Waals surface area contributed by atoms with Gasteiger partial charge in [0.05, 0.1) is 0 Å². The van der Waals surface area contributed by atoms with E-state index in [4.69, 9.17) is 5.73 Å². The molecule has 1 aliphatic heterocycles. The van der Waals surface area contributed by atoms with Crippen molar-refractivity contribution in [2.75, 3.05) is 25.9 Å². The number of nitrogens with two attached hydrogens (primary N) is 1. The molecule has 2 amide bonds. The molecule has 2 heterocycles. The van der Waals surface area contributed by atoms with Crippen LogP contribution in [0.2, 0.25) is 0 Å². The van der Waals surface area contributed by atoms with Gasteiger partial charge in [-0.1, -0.05) is 0 Å². The molecular weight excluding hydrogens is 246 g/mol. The van der Waals surface area contributed by atoms with Crippen molar-refractivity contribution < 1.29 is 9.59 Å². The van der Waals surface area contributed by atoms with Crippen LogP contribution >= 0.6 is 0 Å². The standard InChI is InChI=1S/C12H19N5O2/c1-12(2)11(19)15(3)6-7-17(12)10(18)8-16-5-4-9(13)14-16/h4-5H,6-8H2,1-3H3,(H2,13,14). The minimum atomic E-state index is -0.817. The quantitative estimate of drug-likeness (QED) is 0.784. The Bertz CT molecular complexity index is 508. The molecule has 2 N–H and O–H groups in total. The molecule has 0 unspecified atom stereocenters. The van der Waals surface area contributed by atoms with Crippen LogP contribution in [-0.2, 0) is 16.1 Å². The third-order valence-electron chi connectivity index (χ3n) is 3.46. The highest BCUT2D eigenvalue weighted by Gasteiger charge is 2.42. The maximum Gasteiger partial charge on any atom is 0.247 e. The van der Waals surface area contributed by atoms with Crippen molar-refractivity contribution in [3.63, 3.8) is 0 Å². The molecule has 104 valence electrons. The molecule has 0 aromatic carbocycles. The second-order valence-electron chi connectivity index (χ2n) is 5.27. The minimum absolute atomic E-state index is 0.0490. The smallest absolute Gasteiger partial charge is 0.247 e. The van der Waals surface area contributed by atoms with E-state index in [2.05, 4.69) is 5.10 Å². The summed E-state index contributed by atoms with van der Waals surface area (Å²) in [4.78, 5) is 27.7. The second kappa shape index (κ2) is 4.56. The van der Waals surface area contributed by atoms with Crippen LogP contribution in [0, 0.1) is 0 Å². The zero-order chi connectivity index (χ0) is 14.2. The Labute approximate surface area is 111 Å². The molecule has 0 aliphatic carbocycles. The van der Waals surface area contributed by atoms with Gasteiger partial charge in [-0.15, -0.1) is 0 Å². The van der Waals surface area contributed by atoms with Crippen molar-refractivity contribution in [2.45, 2.75) is 25.9 Å². The molecule has 1 aliphatic rings. The first-order chi connectivity index (χ1) is 8.82.